The molecule has 0 heterocycles. The maximum absolute atomic E-state index is 13.3. The number of nitrogens with two attached hydrogens (primary N) is 1. The van der Waals surface area contributed by atoms with Crippen molar-refractivity contribution in [1.29, 1.82) is 0 Å². The molecule has 6 nitrogen and oxygen atoms in total. The highest BCUT2D eigenvalue weighted by Gasteiger charge is 2.33. The van der Waals surface area contributed by atoms with Crippen molar-refractivity contribution < 1.29 is 9.59 Å². The summed E-state index contributed by atoms with van der Waals surface area (Å²) in [6.45, 7) is 2.86. The predicted octanol–water partition coefficient (Wildman–Crippen LogP) is 3.43. The number of carbonyl (C=O) groups excluding carboxylic acids is 2. The normalized spacial score (nSPS) is 11.9. The lowest BCUT2D eigenvalue weighted by atomic mass is 9.82. The van der Waals surface area contributed by atoms with Crippen LogP contribution in [-0.4, -0.2) is 56.7 Å². The van der Waals surface area contributed by atoms with Crippen molar-refractivity contribution in [3.63, 3.8) is 0 Å². The molecular formula is C22H30Cl2N4O2. The Balaban J connectivity index is 0.00000225. The molecule has 164 valence electrons. The van der Waals surface area contributed by atoms with Crippen molar-refractivity contribution in [2.45, 2.75) is 12.8 Å². The lowest BCUT2D eigenvalue weighted by Gasteiger charge is -2.24. The van der Waals surface area contributed by atoms with Crippen LogP contribution in [0.25, 0.3) is 0 Å². The van der Waals surface area contributed by atoms with Gasteiger partial charge in [-0.3, -0.25) is 9.59 Å². The second-order valence-electron chi connectivity index (χ2n) is 7.27. The topological polar surface area (TPSA) is 87.5 Å². The van der Waals surface area contributed by atoms with E-state index in [1.165, 1.54) is 0 Å². The molecule has 4 N–H and O–H groups in total. The van der Waals surface area contributed by atoms with Gasteiger partial charge in [0.05, 0.1) is 11.1 Å². The number of benzene rings is 2. The van der Waals surface area contributed by atoms with Gasteiger partial charge < -0.3 is 21.3 Å². The average molecular weight is 453 g/mol. The zero-order valence-corrected chi connectivity index (χ0v) is 19.0. The van der Waals surface area contributed by atoms with Crippen molar-refractivity contribution in [3.05, 3.63) is 58.7 Å². The summed E-state index contributed by atoms with van der Waals surface area (Å²) in [5.74, 6) is -0.217. The molecule has 30 heavy (non-hydrogen) atoms. The number of carbonyl (C=O) groups is 2. The van der Waals surface area contributed by atoms with Crippen LogP contribution in [0.5, 0.6) is 0 Å². The van der Waals surface area contributed by atoms with Gasteiger partial charge in [-0.05, 0) is 45.6 Å². The quantitative estimate of drug-likeness (QED) is 0.431. The summed E-state index contributed by atoms with van der Waals surface area (Å²) >= 11 is 0. The van der Waals surface area contributed by atoms with Crippen LogP contribution >= 0.6 is 24.8 Å². The molecule has 3 rings (SSSR count). The van der Waals surface area contributed by atoms with Crippen molar-refractivity contribution in [2.24, 2.45) is 5.73 Å². The van der Waals surface area contributed by atoms with E-state index in [-0.39, 0.29) is 36.4 Å². The van der Waals surface area contributed by atoms with Gasteiger partial charge in [0.1, 0.15) is 0 Å². The zero-order chi connectivity index (χ0) is 20.1. The number of ketones is 2. The van der Waals surface area contributed by atoms with Crippen LogP contribution in [0.15, 0.2) is 36.4 Å². The van der Waals surface area contributed by atoms with Crippen LogP contribution in [0, 0.1) is 0 Å². The first-order chi connectivity index (χ1) is 13.5. The zero-order valence-electron chi connectivity index (χ0n) is 17.4. The first-order valence-corrected chi connectivity index (χ1v) is 9.72. The van der Waals surface area contributed by atoms with Crippen molar-refractivity contribution >= 4 is 47.8 Å². The summed E-state index contributed by atoms with van der Waals surface area (Å²) in [6, 6.07) is 10.8. The standard InChI is InChI=1S/C22H28N4O2.2ClH/c1-26(2)14-13-25-18-10-9-17(24-12-6-5-11-23)19-20(18)22(28)16-8-4-3-7-15(16)21(19)27;;/h3-4,7-10,24-25H,5-6,11-14,23H2,1-2H3;2*1H. The van der Waals surface area contributed by atoms with Crippen molar-refractivity contribution in [3.8, 4) is 0 Å². The first-order valence-electron chi connectivity index (χ1n) is 9.72. The third kappa shape index (κ3) is 5.52. The Morgan fingerprint density at radius 2 is 1.30 bits per heavy atom. The van der Waals surface area contributed by atoms with Crippen LogP contribution in [0.2, 0.25) is 0 Å². The molecule has 1 aliphatic rings. The monoisotopic (exact) mass is 452 g/mol. The number of nitrogens with zero attached hydrogens (tertiary/aromatic N) is 1. The molecule has 0 aliphatic heterocycles. The second kappa shape index (κ2) is 11.9. The van der Waals surface area contributed by atoms with Crippen LogP contribution in [0.1, 0.15) is 44.7 Å². The van der Waals surface area contributed by atoms with E-state index in [4.69, 9.17) is 5.73 Å². The largest absolute Gasteiger partial charge is 0.384 e. The number of halogens is 2. The van der Waals surface area contributed by atoms with E-state index in [1.54, 1.807) is 24.3 Å². The Morgan fingerprint density at radius 3 is 1.77 bits per heavy atom. The summed E-state index contributed by atoms with van der Waals surface area (Å²) in [5, 5.41) is 6.66. The number of anilines is 2. The minimum Gasteiger partial charge on any atom is -0.384 e. The SMILES string of the molecule is CN(C)CCNc1ccc(NCCCCN)c2c1C(=O)c1ccccc1C2=O.Cl.Cl. The fraction of sp³-hybridized carbons (Fsp3) is 0.364. The summed E-state index contributed by atoms with van der Waals surface area (Å²) in [4.78, 5) is 28.6. The van der Waals surface area contributed by atoms with E-state index in [2.05, 4.69) is 15.5 Å². The molecule has 2 aromatic rings. The Bertz CT molecular complexity index is 887. The number of hydrogen-bond donors (Lipinski definition) is 3. The van der Waals surface area contributed by atoms with E-state index in [0.717, 1.165) is 19.4 Å². The number of nitrogens with one attached hydrogen (secondary N) is 2. The van der Waals surface area contributed by atoms with Crippen molar-refractivity contribution in [2.75, 3.05) is 50.9 Å². The molecule has 0 aromatic heterocycles. The molecule has 0 fully saturated rings. The average Bonchev–Trinajstić information content (AvgIpc) is 2.69. The number of hydrogen-bond acceptors (Lipinski definition) is 6. The minimum absolute atomic E-state index is 0. The number of rotatable bonds is 9. The molecule has 0 amide bonds. The van der Waals surface area contributed by atoms with Gasteiger partial charge in [0.2, 0.25) is 0 Å². The highest BCUT2D eigenvalue weighted by Crippen LogP contribution is 2.36. The van der Waals surface area contributed by atoms with Gasteiger partial charge in [-0.25, -0.2) is 0 Å². The Morgan fingerprint density at radius 1 is 0.800 bits per heavy atom. The highest BCUT2D eigenvalue weighted by atomic mass is 35.5. The van der Waals surface area contributed by atoms with E-state index in [0.29, 0.717) is 53.3 Å². The fourth-order valence-electron chi connectivity index (χ4n) is 3.42. The van der Waals surface area contributed by atoms with Gasteiger partial charge in [0.25, 0.3) is 0 Å². The highest BCUT2D eigenvalue weighted by molar-refractivity contribution is 6.31. The van der Waals surface area contributed by atoms with E-state index >= 15 is 0 Å². The summed E-state index contributed by atoms with van der Waals surface area (Å²) < 4.78 is 0. The van der Waals surface area contributed by atoms with E-state index in [1.807, 2.05) is 26.2 Å². The molecule has 0 unspecified atom stereocenters. The molecule has 0 atom stereocenters. The molecular weight excluding hydrogens is 423 g/mol. The van der Waals surface area contributed by atoms with E-state index in [9.17, 15) is 9.59 Å². The molecule has 0 saturated carbocycles. The Hall–Kier alpha value is -2.12. The van der Waals surface area contributed by atoms with Gasteiger partial charge in [-0.1, -0.05) is 24.3 Å². The van der Waals surface area contributed by atoms with Crippen LogP contribution in [0.4, 0.5) is 11.4 Å². The van der Waals surface area contributed by atoms with Crippen LogP contribution in [0.3, 0.4) is 0 Å². The predicted molar refractivity (Wildman–Crippen MR) is 128 cm³/mol. The summed E-state index contributed by atoms with van der Waals surface area (Å²) in [7, 11) is 3.99. The van der Waals surface area contributed by atoms with Gasteiger partial charge in [0, 0.05) is 42.1 Å². The van der Waals surface area contributed by atoms with Crippen LogP contribution < -0.4 is 16.4 Å². The Labute approximate surface area is 190 Å². The minimum atomic E-state index is -0.109. The molecule has 0 spiro atoms. The fourth-order valence-corrected chi connectivity index (χ4v) is 3.42. The molecule has 0 radical (unpaired) electrons. The van der Waals surface area contributed by atoms with Crippen molar-refractivity contribution in [1.82, 2.24) is 4.90 Å². The lowest BCUT2D eigenvalue weighted by molar-refractivity contribution is 0.0980. The third-order valence-electron chi connectivity index (χ3n) is 4.90. The van der Waals surface area contributed by atoms with Crippen LogP contribution in [-0.2, 0) is 0 Å². The van der Waals surface area contributed by atoms with E-state index < -0.39 is 0 Å². The molecule has 1 aliphatic carbocycles. The molecule has 0 bridgehead atoms. The third-order valence-corrected chi connectivity index (χ3v) is 4.90. The van der Waals surface area contributed by atoms with Gasteiger partial charge in [-0.2, -0.15) is 0 Å². The Kier molecular flexibility index (Phi) is 10.3. The van der Waals surface area contributed by atoms with Gasteiger partial charge >= 0.3 is 0 Å². The van der Waals surface area contributed by atoms with Gasteiger partial charge in [0.15, 0.2) is 11.6 Å². The summed E-state index contributed by atoms with van der Waals surface area (Å²) in [6.07, 6.45) is 1.82. The maximum atomic E-state index is 13.3. The summed E-state index contributed by atoms with van der Waals surface area (Å²) in [5.41, 5.74) is 8.84. The maximum Gasteiger partial charge on any atom is 0.196 e. The first kappa shape index (κ1) is 25.9. The molecule has 8 heteroatoms. The van der Waals surface area contributed by atoms with Gasteiger partial charge in [-0.15, -0.1) is 24.8 Å². The molecule has 0 saturated heterocycles. The number of likely N-dealkylation sites (N-methyl/N-ethyl adjacent to an activating group) is 1. The number of fused-ring (bicyclic) bond motifs is 2. The molecule has 2 aromatic carbocycles. The number of unbranched alkanes of at least 4 members (excludes halogenated alkanes) is 1. The lowest BCUT2D eigenvalue weighted by Crippen LogP contribution is -2.26. The second-order valence-corrected chi connectivity index (χ2v) is 7.27. The smallest absolute Gasteiger partial charge is 0.196 e.